The van der Waals surface area contributed by atoms with Crippen molar-refractivity contribution >= 4 is 41.5 Å². The van der Waals surface area contributed by atoms with Crippen molar-refractivity contribution < 1.29 is 9.18 Å². The molecular formula is C13H16Cl3FN2O. The quantitative estimate of drug-likeness (QED) is 0.838. The smallest absolute Gasteiger partial charge is 0.255 e. The molecule has 1 aliphatic rings. The van der Waals surface area contributed by atoms with Crippen molar-refractivity contribution in [3.8, 4) is 0 Å². The molecule has 0 aromatic heterocycles. The van der Waals surface area contributed by atoms with Crippen LogP contribution in [0.3, 0.4) is 0 Å². The van der Waals surface area contributed by atoms with Crippen LogP contribution in [0.15, 0.2) is 12.1 Å². The molecule has 1 fully saturated rings. The van der Waals surface area contributed by atoms with E-state index in [-0.39, 0.29) is 45.9 Å². The molecule has 1 aromatic rings. The summed E-state index contributed by atoms with van der Waals surface area (Å²) >= 11 is 11.6. The van der Waals surface area contributed by atoms with Gasteiger partial charge in [-0.2, -0.15) is 0 Å². The number of halogens is 4. The zero-order valence-electron chi connectivity index (χ0n) is 10.9. The van der Waals surface area contributed by atoms with Gasteiger partial charge in [-0.05, 0) is 37.9 Å². The zero-order chi connectivity index (χ0) is 14.2. The fourth-order valence-corrected chi connectivity index (χ4v) is 2.90. The lowest BCUT2D eigenvalue weighted by Gasteiger charge is -2.22. The highest BCUT2D eigenvalue weighted by atomic mass is 35.5. The van der Waals surface area contributed by atoms with Crippen LogP contribution < -0.4 is 5.73 Å². The first kappa shape index (κ1) is 17.5. The number of hydrogen-bond donors (Lipinski definition) is 1. The molecule has 0 spiro atoms. The Labute approximate surface area is 133 Å². The van der Waals surface area contributed by atoms with E-state index in [1.807, 2.05) is 6.92 Å². The Hall–Kier alpha value is -0.550. The number of carbonyl (C=O) groups is 1. The van der Waals surface area contributed by atoms with Crippen molar-refractivity contribution in [2.24, 2.45) is 11.7 Å². The highest BCUT2D eigenvalue weighted by molar-refractivity contribution is 6.36. The highest BCUT2D eigenvalue weighted by Crippen LogP contribution is 2.29. The van der Waals surface area contributed by atoms with Crippen LogP contribution in [0.1, 0.15) is 23.7 Å². The van der Waals surface area contributed by atoms with E-state index < -0.39 is 5.82 Å². The molecule has 2 rings (SSSR count). The lowest BCUT2D eigenvalue weighted by Crippen LogP contribution is -2.34. The maximum absolute atomic E-state index is 13.5. The number of rotatable bonds is 2. The van der Waals surface area contributed by atoms with Crippen LogP contribution in [-0.2, 0) is 0 Å². The minimum atomic E-state index is -0.642. The summed E-state index contributed by atoms with van der Waals surface area (Å²) in [4.78, 5) is 14.1. The topological polar surface area (TPSA) is 46.3 Å². The van der Waals surface area contributed by atoms with Gasteiger partial charge in [-0.25, -0.2) is 4.39 Å². The molecule has 2 unspecified atom stereocenters. The predicted octanol–water partition coefficient (Wildman–Crippen LogP) is 3.36. The number of nitrogens with zero attached hydrogens (tertiary/aromatic N) is 1. The first-order valence-electron chi connectivity index (χ1n) is 6.09. The predicted molar refractivity (Wildman–Crippen MR) is 81.3 cm³/mol. The molecule has 1 aliphatic heterocycles. The SMILES string of the molecule is CC1CC(CN)CN1C(=O)c1cc(F)c(Cl)cc1Cl.Cl. The molecule has 20 heavy (non-hydrogen) atoms. The van der Waals surface area contributed by atoms with Crippen molar-refractivity contribution in [3.63, 3.8) is 0 Å². The Morgan fingerprint density at radius 2 is 2.10 bits per heavy atom. The van der Waals surface area contributed by atoms with E-state index in [9.17, 15) is 9.18 Å². The number of benzene rings is 1. The van der Waals surface area contributed by atoms with E-state index >= 15 is 0 Å². The molecule has 1 aromatic carbocycles. The average molecular weight is 342 g/mol. The third-order valence-corrected chi connectivity index (χ3v) is 4.10. The van der Waals surface area contributed by atoms with Crippen LogP contribution >= 0.6 is 35.6 Å². The summed E-state index contributed by atoms with van der Waals surface area (Å²) in [5.41, 5.74) is 5.78. The molecule has 1 heterocycles. The lowest BCUT2D eigenvalue weighted by molar-refractivity contribution is 0.0743. The van der Waals surface area contributed by atoms with Gasteiger partial charge in [0.25, 0.3) is 5.91 Å². The van der Waals surface area contributed by atoms with Crippen LogP contribution in [0, 0.1) is 11.7 Å². The Morgan fingerprint density at radius 3 is 2.65 bits per heavy atom. The minimum Gasteiger partial charge on any atom is -0.336 e. The molecule has 2 N–H and O–H groups in total. The Balaban J connectivity index is 0.00000200. The molecule has 1 saturated heterocycles. The Morgan fingerprint density at radius 1 is 1.45 bits per heavy atom. The van der Waals surface area contributed by atoms with Gasteiger partial charge in [0.2, 0.25) is 0 Å². The third kappa shape index (κ3) is 3.37. The van der Waals surface area contributed by atoms with Crippen LogP contribution in [0.4, 0.5) is 4.39 Å². The summed E-state index contributed by atoms with van der Waals surface area (Å²) in [5, 5.41) is 0.0793. The molecule has 2 atom stereocenters. The highest BCUT2D eigenvalue weighted by Gasteiger charge is 2.33. The molecule has 7 heteroatoms. The maximum atomic E-state index is 13.5. The number of likely N-dealkylation sites (tertiary alicyclic amines) is 1. The Kier molecular flexibility index (Phi) is 6.07. The standard InChI is InChI=1S/C13H15Cl2FN2O.ClH/c1-7-2-8(5-17)6-18(7)13(19)9-3-12(16)11(15)4-10(9)14;/h3-4,7-8H,2,5-6,17H2,1H3;1H. The number of hydrogen-bond acceptors (Lipinski definition) is 2. The summed E-state index contributed by atoms with van der Waals surface area (Å²) in [5.74, 6) is -0.629. The van der Waals surface area contributed by atoms with Gasteiger partial charge in [0.1, 0.15) is 5.82 Å². The Bertz CT molecular complexity index is 513. The third-order valence-electron chi connectivity index (χ3n) is 3.50. The van der Waals surface area contributed by atoms with Crippen molar-refractivity contribution in [2.75, 3.05) is 13.1 Å². The fourth-order valence-electron chi connectivity index (χ4n) is 2.44. The van der Waals surface area contributed by atoms with E-state index in [0.717, 1.165) is 12.5 Å². The second kappa shape index (κ2) is 6.94. The van der Waals surface area contributed by atoms with Crippen molar-refractivity contribution in [3.05, 3.63) is 33.6 Å². The largest absolute Gasteiger partial charge is 0.336 e. The first-order chi connectivity index (χ1) is 8.93. The summed E-state index contributed by atoms with van der Waals surface area (Å²) in [6.45, 7) is 3.07. The van der Waals surface area contributed by atoms with Gasteiger partial charge in [0, 0.05) is 12.6 Å². The molecule has 3 nitrogen and oxygen atoms in total. The molecule has 0 bridgehead atoms. The summed E-state index contributed by atoms with van der Waals surface area (Å²) in [6, 6.07) is 2.43. The van der Waals surface area contributed by atoms with E-state index in [1.54, 1.807) is 4.90 Å². The van der Waals surface area contributed by atoms with Gasteiger partial charge in [-0.1, -0.05) is 23.2 Å². The number of carbonyl (C=O) groups excluding carboxylic acids is 1. The molecule has 0 radical (unpaired) electrons. The van der Waals surface area contributed by atoms with Gasteiger partial charge in [-0.3, -0.25) is 4.79 Å². The van der Waals surface area contributed by atoms with E-state index in [4.69, 9.17) is 28.9 Å². The molecule has 0 aliphatic carbocycles. The second-order valence-corrected chi connectivity index (χ2v) is 5.70. The van der Waals surface area contributed by atoms with Crippen LogP contribution in [-0.4, -0.2) is 29.9 Å². The molecule has 112 valence electrons. The average Bonchev–Trinajstić information content (AvgIpc) is 2.74. The second-order valence-electron chi connectivity index (χ2n) is 4.89. The van der Waals surface area contributed by atoms with Crippen LogP contribution in [0.2, 0.25) is 10.0 Å². The van der Waals surface area contributed by atoms with E-state index in [0.29, 0.717) is 13.1 Å². The summed E-state index contributed by atoms with van der Waals surface area (Å²) in [6.07, 6.45) is 0.857. The van der Waals surface area contributed by atoms with Crippen molar-refractivity contribution in [1.82, 2.24) is 4.90 Å². The number of amides is 1. The van der Waals surface area contributed by atoms with Gasteiger partial charge in [0.05, 0.1) is 15.6 Å². The first-order valence-corrected chi connectivity index (χ1v) is 6.85. The number of nitrogens with two attached hydrogens (primary N) is 1. The van der Waals surface area contributed by atoms with E-state index in [2.05, 4.69) is 0 Å². The van der Waals surface area contributed by atoms with E-state index in [1.165, 1.54) is 6.07 Å². The lowest BCUT2D eigenvalue weighted by atomic mass is 10.1. The monoisotopic (exact) mass is 340 g/mol. The van der Waals surface area contributed by atoms with Crippen LogP contribution in [0.5, 0.6) is 0 Å². The van der Waals surface area contributed by atoms with Gasteiger partial charge < -0.3 is 10.6 Å². The van der Waals surface area contributed by atoms with Crippen molar-refractivity contribution in [1.29, 1.82) is 0 Å². The van der Waals surface area contributed by atoms with Crippen LogP contribution in [0.25, 0.3) is 0 Å². The molecule has 0 saturated carbocycles. The summed E-state index contributed by atoms with van der Waals surface area (Å²) < 4.78 is 13.5. The van der Waals surface area contributed by atoms with Gasteiger partial charge >= 0.3 is 0 Å². The normalized spacial score (nSPS) is 21.8. The van der Waals surface area contributed by atoms with Gasteiger partial charge in [0.15, 0.2) is 0 Å². The fraction of sp³-hybridized carbons (Fsp3) is 0.462. The zero-order valence-corrected chi connectivity index (χ0v) is 13.2. The molecular weight excluding hydrogens is 326 g/mol. The molecule has 1 amide bonds. The maximum Gasteiger partial charge on any atom is 0.255 e. The van der Waals surface area contributed by atoms with Gasteiger partial charge in [-0.15, -0.1) is 12.4 Å². The minimum absolute atomic E-state index is 0. The summed E-state index contributed by atoms with van der Waals surface area (Å²) in [7, 11) is 0. The van der Waals surface area contributed by atoms with Crippen molar-refractivity contribution in [2.45, 2.75) is 19.4 Å².